The smallest absolute Gasteiger partial charge is 0.356 e. The number of rotatable bonds is 5. The Morgan fingerprint density at radius 3 is 3.05 bits per heavy atom. The van der Waals surface area contributed by atoms with Crippen molar-refractivity contribution in [2.75, 3.05) is 26.3 Å². The van der Waals surface area contributed by atoms with Crippen LogP contribution in [0.5, 0.6) is 0 Å². The fraction of sp³-hybridized carbons (Fsp3) is 0.615. The monoisotopic (exact) mass is 296 g/mol. The number of aromatic nitrogens is 2. The van der Waals surface area contributed by atoms with Crippen molar-refractivity contribution in [2.24, 2.45) is 0 Å². The number of carboxylic acids is 1. The van der Waals surface area contributed by atoms with E-state index in [0.29, 0.717) is 32.8 Å². The van der Waals surface area contributed by atoms with Crippen molar-refractivity contribution < 1.29 is 19.4 Å². The maximum absolute atomic E-state index is 12.1. The summed E-state index contributed by atoms with van der Waals surface area (Å²) in [6.45, 7) is 4.66. The van der Waals surface area contributed by atoms with Gasteiger partial charge in [0.15, 0.2) is 5.69 Å². The Morgan fingerprint density at radius 2 is 2.38 bits per heavy atom. The topological polar surface area (TPSA) is 96.7 Å². The number of hydrogen-bond donors (Lipinski definition) is 2. The molecule has 1 unspecified atom stereocenters. The van der Waals surface area contributed by atoms with Crippen LogP contribution in [-0.4, -0.2) is 63.9 Å². The van der Waals surface area contributed by atoms with E-state index >= 15 is 0 Å². The molecule has 21 heavy (non-hydrogen) atoms. The Hall–Kier alpha value is -2.09. The number of morpholine rings is 1. The van der Waals surface area contributed by atoms with Gasteiger partial charge < -0.3 is 24.6 Å². The van der Waals surface area contributed by atoms with Gasteiger partial charge in [0.1, 0.15) is 0 Å². The molecule has 2 heterocycles. The van der Waals surface area contributed by atoms with Gasteiger partial charge in [-0.1, -0.05) is 6.92 Å². The molecule has 1 atom stereocenters. The van der Waals surface area contributed by atoms with E-state index in [-0.39, 0.29) is 17.8 Å². The molecule has 1 aromatic heterocycles. The molecule has 0 saturated carbocycles. The normalized spacial score (nSPS) is 18.5. The first-order valence-corrected chi connectivity index (χ1v) is 6.99. The second-order valence-corrected chi connectivity index (χ2v) is 4.86. The number of nitrogens with zero attached hydrogens (tertiary/aromatic N) is 3. The maximum atomic E-state index is 12.1. The summed E-state index contributed by atoms with van der Waals surface area (Å²) >= 11 is 0. The van der Waals surface area contributed by atoms with E-state index in [4.69, 9.17) is 9.84 Å². The Balaban J connectivity index is 1.79. The molecular formula is C13H20N4O4. The number of urea groups is 1. The SMILES string of the molecule is CCC1COCCN1C(=O)NCCn1cnc(C(=O)O)c1. The highest BCUT2D eigenvalue weighted by Gasteiger charge is 2.25. The summed E-state index contributed by atoms with van der Waals surface area (Å²) in [5.41, 5.74) is 0.000512. The van der Waals surface area contributed by atoms with E-state index in [1.54, 1.807) is 9.47 Å². The van der Waals surface area contributed by atoms with E-state index in [1.807, 2.05) is 6.92 Å². The molecule has 1 aliphatic rings. The minimum atomic E-state index is -1.06. The van der Waals surface area contributed by atoms with Crippen molar-refractivity contribution in [1.29, 1.82) is 0 Å². The summed E-state index contributed by atoms with van der Waals surface area (Å²) < 4.78 is 7.00. The summed E-state index contributed by atoms with van der Waals surface area (Å²) in [4.78, 5) is 28.4. The zero-order valence-corrected chi connectivity index (χ0v) is 12.0. The third-order valence-electron chi connectivity index (χ3n) is 3.46. The van der Waals surface area contributed by atoms with Crippen LogP contribution >= 0.6 is 0 Å². The Bertz CT molecular complexity index is 502. The minimum absolute atomic E-state index is 0.000512. The fourth-order valence-corrected chi connectivity index (χ4v) is 2.25. The van der Waals surface area contributed by atoms with Gasteiger partial charge in [0.25, 0.3) is 0 Å². The Morgan fingerprint density at radius 1 is 1.57 bits per heavy atom. The molecule has 2 amide bonds. The molecule has 0 aliphatic carbocycles. The van der Waals surface area contributed by atoms with Crippen LogP contribution in [0.4, 0.5) is 4.79 Å². The molecule has 2 N–H and O–H groups in total. The fourth-order valence-electron chi connectivity index (χ4n) is 2.25. The van der Waals surface area contributed by atoms with Crippen LogP contribution in [0.2, 0.25) is 0 Å². The molecule has 1 aromatic rings. The van der Waals surface area contributed by atoms with Crippen molar-refractivity contribution in [1.82, 2.24) is 19.8 Å². The molecule has 0 radical (unpaired) electrons. The molecule has 1 fully saturated rings. The molecule has 1 aliphatic heterocycles. The van der Waals surface area contributed by atoms with Crippen LogP contribution in [0.25, 0.3) is 0 Å². The van der Waals surface area contributed by atoms with Gasteiger partial charge in [0, 0.05) is 25.8 Å². The number of amides is 2. The second-order valence-electron chi connectivity index (χ2n) is 4.86. The van der Waals surface area contributed by atoms with Crippen LogP contribution in [0.1, 0.15) is 23.8 Å². The number of carboxylic acid groups (broad SMARTS) is 1. The van der Waals surface area contributed by atoms with Gasteiger partial charge >= 0.3 is 12.0 Å². The van der Waals surface area contributed by atoms with Crippen LogP contribution in [0, 0.1) is 0 Å². The van der Waals surface area contributed by atoms with E-state index < -0.39 is 5.97 Å². The first-order valence-electron chi connectivity index (χ1n) is 6.99. The van der Waals surface area contributed by atoms with Crippen molar-refractivity contribution in [3.63, 3.8) is 0 Å². The third-order valence-corrected chi connectivity index (χ3v) is 3.46. The lowest BCUT2D eigenvalue weighted by Crippen LogP contribution is -2.52. The molecule has 1 saturated heterocycles. The first-order chi connectivity index (χ1) is 10.1. The highest BCUT2D eigenvalue weighted by atomic mass is 16.5. The quantitative estimate of drug-likeness (QED) is 0.820. The van der Waals surface area contributed by atoms with Gasteiger partial charge in [-0.25, -0.2) is 14.6 Å². The summed E-state index contributed by atoms with van der Waals surface area (Å²) in [5, 5.41) is 11.6. The number of aromatic carboxylic acids is 1. The average Bonchev–Trinajstić information content (AvgIpc) is 2.96. The van der Waals surface area contributed by atoms with E-state index in [0.717, 1.165) is 6.42 Å². The molecule has 0 bridgehead atoms. The molecule has 8 nitrogen and oxygen atoms in total. The zero-order chi connectivity index (χ0) is 15.2. The summed E-state index contributed by atoms with van der Waals surface area (Å²) in [7, 11) is 0. The lowest BCUT2D eigenvalue weighted by atomic mass is 10.2. The summed E-state index contributed by atoms with van der Waals surface area (Å²) in [6.07, 6.45) is 3.74. The van der Waals surface area contributed by atoms with Crippen molar-refractivity contribution in [3.05, 3.63) is 18.2 Å². The Kier molecular flexibility index (Phi) is 5.15. The molecule has 0 aromatic carbocycles. The first kappa shape index (κ1) is 15.3. The number of hydrogen-bond acceptors (Lipinski definition) is 4. The molecule has 8 heteroatoms. The summed E-state index contributed by atoms with van der Waals surface area (Å²) in [5.74, 6) is -1.06. The predicted molar refractivity (Wildman–Crippen MR) is 74.2 cm³/mol. The van der Waals surface area contributed by atoms with Crippen LogP contribution < -0.4 is 5.32 Å². The largest absolute Gasteiger partial charge is 0.476 e. The van der Waals surface area contributed by atoms with Gasteiger partial charge in [0.2, 0.25) is 0 Å². The molecular weight excluding hydrogens is 276 g/mol. The van der Waals surface area contributed by atoms with Gasteiger partial charge in [-0.3, -0.25) is 0 Å². The second kappa shape index (κ2) is 7.07. The van der Waals surface area contributed by atoms with Crippen molar-refractivity contribution in [2.45, 2.75) is 25.9 Å². The molecule has 116 valence electrons. The van der Waals surface area contributed by atoms with Gasteiger partial charge in [-0.05, 0) is 6.42 Å². The Labute approximate surface area is 122 Å². The average molecular weight is 296 g/mol. The number of carbonyl (C=O) groups is 2. The maximum Gasteiger partial charge on any atom is 0.356 e. The van der Waals surface area contributed by atoms with Gasteiger partial charge in [-0.2, -0.15) is 0 Å². The van der Waals surface area contributed by atoms with Crippen molar-refractivity contribution in [3.8, 4) is 0 Å². The third kappa shape index (κ3) is 3.94. The van der Waals surface area contributed by atoms with Crippen LogP contribution in [0.15, 0.2) is 12.5 Å². The predicted octanol–water partition coefficient (Wildman–Crippen LogP) is 0.402. The number of carbonyl (C=O) groups excluding carboxylic acids is 1. The number of imidazole rings is 1. The lowest BCUT2D eigenvalue weighted by molar-refractivity contribution is 0.0113. The number of ether oxygens (including phenoxy) is 1. The minimum Gasteiger partial charge on any atom is -0.476 e. The van der Waals surface area contributed by atoms with E-state index in [9.17, 15) is 9.59 Å². The van der Waals surface area contributed by atoms with Crippen molar-refractivity contribution >= 4 is 12.0 Å². The van der Waals surface area contributed by atoms with Gasteiger partial charge in [-0.15, -0.1) is 0 Å². The lowest BCUT2D eigenvalue weighted by Gasteiger charge is -2.35. The molecule has 0 spiro atoms. The van der Waals surface area contributed by atoms with Crippen LogP contribution in [-0.2, 0) is 11.3 Å². The summed E-state index contributed by atoms with van der Waals surface area (Å²) in [6, 6.07) is 0.00864. The standard InChI is InChI=1S/C13H20N4O4/c1-2-10-8-21-6-5-17(10)13(20)14-3-4-16-7-11(12(18)19)15-9-16/h7,9-10H,2-6,8H2,1H3,(H,14,20)(H,18,19). The van der Waals surface area contributed by atoms with Gasteiger partial charge in [0.05, 0.1) is 25.6 Å². The highest BCUT2D eigenvalue weighted by molar-refractivity contribution is 5.84. The number of nitrogens with one attached hydrogen (secondary N) is 1. The highest BCUT2D eigenvalue weighted by Crippen LogP contribution is 2.10. The van der Waals surface area contributed by atoms with E-state index in [1.165, 1.54) is 12.5 Å². The van der Waals surface area contributed by atoms with E-state index in [2.05, 4.69) is 10.3 Å². The van der Waals surface area contributed by atoms with Crippen LogP contribution in [0.3, 0.4) is 0 Å². The zero-order valence-electron chi connectivity index (χ0n) is 12.0. The molecule has 2 rings (SSSR count).